The lowest BCUT2D eigenvalue weighted by atomic mass is 9.77. The molecule has 0 aliphatic carbocycles. The summed E-state index contributed by atoms with van der Waals surface area (Å²) in [5, 5.41) is 0. The Balaban J connectivity index is 1.50. The van der Waals surface area contributed by atoms with Gasteiger partial charge in [0, 0.05) is 11.8 Å². The third kappa shape index (κ3) is 4.46. The van der Waals surface area contributed by atoms with Crippen molar-refractivity contribution in [3.05, 3.63) is 0 Å². The van der Waals surface area contributed by atoms with Gasteiger partial charge in [0.1, 0.15) is 0 Å². The average Bonchev–Trinajstić information content (AvgIpc) is 2.38. The molecule has 4 nitrogen and oxygen atoms in total. The van der Waals surface area contributed by atoms with Crippen LogP contribution in [0.15, 0.2) is 0 Å². The SMILES string of the molecule is CCCCOC(=O)CCCN1CCC2(CC1)COC2. The number of likely N-dealkylation sites (tertiary alicyclic amines) is 1. The zero-order chi connectivity index (χ0) is 13.6. The first-order valence-electron chi connectivity index (χ1n) is 7.70. The summed E-state index contributed by atoms with van der Waals surface area (Å²) in [6.45, 7) is 7.96. The van der Waals surface area contributed by atoms with Crippen LogP contribution in [-0.4, -0.2) is 50.3 Å². The summed E-state index contributed by atoms with van der Waals surface area (Å²) < 4.78 is 10.5. The van der Waals surface area contributed by atoms with Crippen LogP contribution in [0.5, 0.6) is 0 Å². The molecule has 2 aliphatic heterocycles. The largest absolute Gasteiger partial charge is 0.466 e. The van der Waals surface area contributed by atoms with Crippen LogP contribution in [0.25, 0.3) is 0 Å². The number of hydrogen-bond acceptors (Lipinski definition) is 4. The number of esters is 1. The molecular weight excluding hydrogens is 242 g/mol. The molecule has 2 aliphatic rings. The first-order chi connectivity index (χ1) is 9.24. The Bertz CT molecular complexity index is 279. The van der Waals surface area contributed by atoms with E-state index in [0.29, 0.717) is 18.4 Å². The molecule has 0 radical (unpaired) electrons. The molecule has 0 saturated carbocycles. The second kappa shape index (κ2) is 7.25. The van der Waals surface area contributed by atoms with Gasteiger partial charge in [-0.1, -0.05) is 13.3 Å². The monoisotopic (exact) mass is 269 g/mol. The van der Waals surface area contributed by atoms with Crippen molar-refractivity contribution in [3.63, 3.8) is 0 Å². The molecule has 0 amide bonds. The molecule has 0 bridgehead atoms. The van der Waals surface area contributed by atoms with E-state index in [0.717, 1.165) is 52.1 Å². The summed E-state index contributed by atoms with van der Waals surface area (Å²) in [5.41, 5.74) is 0.510. The second-order valence-corrected chi connectivity index (χ2v) is 6.01. The summed E-state index contributed by atoms with van der Waals surface area (Å²) in [6.07, 6.45) is 6.05. The Morgan fingerprint density at radius 2 is 2.00 bits per heavy atom. The van der Waals surface area contributed by atoms with Crippen LogP contribution in [0.2, 0.25) is 0 Å². The third-order valence-corrected chi connectivity index (χ3v) is 4.35. The van der Waals surface area contributed by atoms with Crippen LogP contribution in [0.1, 0.15) is 45.4 Å². The summed E-state index contributed by atoms with van der Waals surface area (Å²) in [7, 11) is 0. The van der Waals surface area contributed by atoms with Crippen LogP contribution >= 0.6 is 0 Å². The number of ether oxygens (including phenoxy) is 2. The first-order valence-corrected chi connectivity index (χ1v) is 7.70. The van der Waals surface area contributed by atoms with Crippen molar-refractivity contribution in [2.75, 3.05) is 39.5 Å². The quantitative estimate of drug-likeness (QED) is 0.525. The molecule has 1 spiro atoms. The molecule has 2 heterocycles. The van der Waals surface area contributed by atoms with Gasteiger partial charge in [-0.3, -0.25) is 4.79 Å². The number of hydrogen-bond donors (Lipinski definition) is 0. The van der Waals surface area contributed by atoms with Gasteiger partial charge in [-0.25, -0.2) is 0 Å². The van der Waals surface area contributed by atoms with Crippen molar-refractivity contribution >= 4 is 5.97 Å². The van der Waals surface area contributed by atoms with Crippen LogP contribution < -0.4 is 0 Å². The third-order valence-electron chi connectivity index (χ3n) is 4.35. The lowest BCUT2D eigenvalue weighted by molar-refractivity contribution is -0.144. The van der Waals surface area contributed by atoms with Crippen molar-refractivity contribution in [2.24, 2.45) is 5.41 Å². The maximum atomic E-state index is 11.5. The standard InChI is InChI=1S/C15H27NO3/c1-2-3-11-19-14(17)5-4-8-16-9-6-15(7-10-16)12-18-13-15/h2-13H2,1H3. The van der Waals surface area contributed by atoms with E-state index < -0.39 is 0 Å². The zero-order valence-corrected chi connectivity index (χ0v) is 12.2. The smallest absolute Gasteiger partial charge is 0.305 e. The van der Waals surface area contributed by atoms with Gasteiger partial charge in [0.15, 0.2) is 0 Å². The topological polar surface area (TPSA) is 38.8 Å². The molecule has 0 aromatic rings. The molecule has 2 rings (SSSR count). The summed E-state index contributed by atoms with van der Waals surface area (Å²) >= 11 is 0. The normalized spacial score (nSPS) is 22.2. The van der Waals surface area contributed by atoms with Gasteiger partial charge in [-0.2, -0.15) is 0 Å². The van der Waals surface area contributed by atoms with E-state index in [9.17, 15) is 4.79 Å². The van der Waals surface area contributed by atoms with Gasteiger partial charge in [-0.15, -0.1) is 0 Å². The van der Waals surface area contributed by atoms with Crippen LogP contribution in [0, 0.1) is 5.41 Å². The Hall–Kier alpha value is -0.610. The average molecular weight is 269 g/mol. The highest BCUT2D eigenvalue weighted by Gasteiger charge is 2.40. The van der Waals surface area contributed by atoms with E-state index >= 15 is 0 Å². The van der Waals surface area contributed by atoms with Gasteiger partial charge in [0.25, 0.3) is 0 Å². The molecule has 0 N–H and O–H groups in total. The summed E-state index contributed by atoms with van der Waals surface area (Å²) in [6, 6.07) is 0. The molecule has 110 valence electrons. The summed E-state index contributed by atoms with van der Waals surface area (Å²) in [5.74, 6) is -0.0330. The van der Waals surface area contributed by atoms with Crippen molar-refractivity contribution in [2.45, 2.75) is 45.4 Å². The fourth-order valence-corrected chi connectivity index (χ4v) is 2.78. The van der Waals surface area contributed by atoms with E-state index in [1.165, 1.54) is 12.8 Å². The number of piperidine rings is 1. The second-order valence-electron chi connectivity index (χ2n) is 6.01. The number of carbonyl (C=O) groups excluding carboxylic acids is 1. The predicted octanol–water partition coefficient (Wildman–Crippen LogP) is 2.22. The fourth-order valence-electron chi connectivity index (χ4n) is 2.78. The van der Waals surface area contributed by atoms with Crippen molar-refractivity contribution in [3.8, 4) is 0 Å². The molecule has 0 unspecified atom stereocenters. The van der Waals surface area contributed by atoms with E-state index in [2.05, 4.69) is 11.8 Å². The first kappa shape index (κ1) is 14.8. The van der Waals surface area contributed by atoms with Gasteiger partial charge in [-0.05, 0) is 45.3 Å². The fraction of sp³-hybridized carbons (Fsp3) is 0.933. The highest BCUT2D eigenvalue weighted by molar-refractivity contribution is 5.69. The molecule has 0 aromatic heterocycles. The molecule has 4 heteroatoms. The molecular formula is C15H27NO3. The van der Waals surface area contributed by atoms with Gasteiger partial charge >= 0.3 is 5.97 Å². The minimum atomic E-state index is -0.0330. The number of rotatable bonds is 7. The lowest BCUT2D eigenvalue weighted by Gasteiger charge is -2.47. The number of nitrogens with zero attached hydrogens (tertiary/aromatic N) is 1. The van der Waals surface area contributed by atoms with Crippen molar-refractivity contribution < 1.29 is 14.3 Å². The maximum absolute atomic E-state index is 11.5. The summed E-state index contributed by atoms with van der Waals surface area (Å²) in [4.78, 5) is 13.9. The number of unbranched alkanes of at least 4 members (excludes halogenated alkanes) is 1. The lowest BCUT2D eigenvalue weighted by Crippen LogP contribution is -2.50. The minimum absolute atomic E-state index is 0.0330. The predicted molar refractivity (Wildman–Crippen MR) is 74.0 cm³/mol. The minimum Gasteiger partial charge on any atom is -0.466 e. The molecule has 2 saturated heterocycles. The molecule has 0 aromatic carbocycles. The van der Waals surface area contributed by atoms with E-state index in [1.54, 1.807) is 0 Å². The van der Waals surface area contributed by atoms with Gasteiger partial charge in [0.05, 0.1) is 19.8 Å². The Kier molecular flexibility index (Phi) is 5.64. The Labute approximate surface area is 116 Å². The van der Waals surface area contributed by atoms with Gasteiger partial charge < -0.3 is 14.4 Å². The molecule has 19 heavy (non-hydrogen) atoms. The molecule has 2 fully saturated rings. The Morgan fingerprint density at radius 1 is 1.26 bits per heavy atom. The number of carbonyl (C=O) groups is 1. The van der Waals surface area contributed by atoms with Crippen molar-refractivity contribution in [1.29, 1.82) is 0 Å². The Morgan fingerprint density at radius 3 is 2.58 bits per heavy atom. The highest BCUT2D eigenvalue weighted by Crippen LogP contribution is 2.38. The zero-order valence-electron chi connectivity index (χ0n) is 12.2. The molecule has 0 atom stereocenters. The van der Waals surface area contributed by atoms with Gasteiger partial charge in [0.2, 0.25) is 0 Å². The maximum Gasteiger partial charge on any atom is 0.305 e. The van der Waals surface area contributed by atoms with Crippen LogP contribution in [0.3, 0.4) is 0 Å². The van der Waals surface area contributed by atoms with Crippen LogP contribution in [-0.2, 0) is 14.3 Å². The van der Waals surface area contributed by atoms with E-state index in [1.807, 2.05) is 0 Å². The van der Waals surface area contributed by atoms with Crippen molar-refractivity contribution in [1.82, 2.24) is 4.90 Å². The van der Waals surface area contributed by atoms with E-state index in [-0.39, 0.29) is 5.97 Å². The van der Waals surface area contributed by atoms with E-state index in [4.69, 9.17) is 9.47 Å². The van der Waals surface area contributed by atoms with Crippen LogP contribution in [0.4, 0.5) is 0 Å². The highest BCUT2D eigenvalue weighted by atomic mass is 16.5.